The Hall–Kier alpha value is -3.29. The largest absolute Gasteiger partial charge is 0.317 e. The van der Waals surface area contributed by atoms with Crippen molar-refractivity contribution in [3.63, 3.8) is 0 Å². The van der Waals surface area contributed by atoms with Crippen LogP contribution in [0, 0.1) is 0 Å². The number of nitrogens with zero attached hydrogens (tertiary/aromatic N) is 5. The van der Waals surface area contributed by atoms with Crippen molar-refractivity contribution in [3.05, 3.63) is 65.0 Å². The maximum atomic E-state index is 12.3. The van der Waals surface area contributed by atoms with Crippen molar-refractivity contribution in [1.82, 2.24) is 24.5 Å². The number of hydrogen-bond donors (Lipinski definition) is 1. The first kappa shape index (κ1) is 13.7. The fourth-order valence-corrected chi connectivity index (χ4v) is 1.88. The third-order valence-corrected chi connectivity index (χ3v) is 2.95. The molecule has 1 N–H and O–H groups in total. The van der Waals surface area contributed by atoms with Crippen molar-refractivity contribution in [1.29, 1.82) is 0 Å². The molecule has 8 nitrogen and oxygen atoms in total. The minimum atomic E-state index is -0.433. The summed E-state index contributed by atoms with van der Waals surface area (Å²) in [7, 11) is 1.48. The quantitative estimate of drug-likeness (QED) is 0.764. The van der Waals surface area contributed by atoms with Crippen LogP contribution in [0.25, 0.3) is 5.82 Å². The Morgan fingerprint density at radius 1 is 1.18 bits per heavy atom. The monoisotopic (exact) mass is 296 g/mol. The molecule has 0 fully saturated rings. The van der Waals surface area contributed by atoms with Gasteiger partial charge in [0.1, 0.15) is 5.69 Å². The Kier molecular flexibility index (Phi) is 3.48. The Labute approximate surface area is 125 Å². The van der Waals surface area contributed by atoms with Gasteiger partial charge < -0.3 is 5.32 Å². The van der Waals surface area contributed by atoms with Crippen LogP contribution in [-0.4, -0.2) is 30.5 Å². The average molecular weight is 296 g/mol. The third kappa shape index (κ3) is 2.62. The molecule has 0 radical (unpaired) electrons. The highest BCUT2D eigenvalue weighted by Crippen LogP contribution is 2.16. The summed E-state index contributed by atoms with van der Waals surface area (Å²) in [5, 5.41) is 10.7. The number of pyridine rings is 1. The van der Waals surface area contributed by atoms with Crippen LogP contribution in [0.5, 0.6) is 0 Å². The number of hydrogen-bond acceptors (Lipinski definition) is 5. The summed E-state index contributed by atoms with van der Waals surface area (Å²) in [5.41, 5.74) is 0.347. The summed E-state index contributed by atoms with van der Waals surface area (Å²) >= 11 is 0. The van der Waals surface area contributed by atoms with E-state index < -0.39 is 5.91 Å². The fraction of sp³-hybridized carbons (Fsp3) is 0.0714. The van der Waals surface area contributed by atoms with E-state index in [2.05, 4.69) is 20.5 Å². The number of aryl methyl sites for hydroxylation is 1. The van der Waals surface area contributed by atoms with Crippen LogP contribution >= 0.6 is 0 Å². The lowest BCUT2D eigenvalue weighted by Crippen LogP contribution is -2.24. The van der Waals surface area contributed by atoms with Crippen LogP contribution in [0.1, 0.15) is 10.5 Å². The summed E-state index contributed by atoms with van der Waals surface area (Å²) in [6.45, 7) is 0. The highest BCUT2D eigenvalue weighted by atomic mass is 16.2. The molecular weight excluding hydrogens is 284 g/mol. The van der Waals surface area contributed by atoms with E-state index in [1.54, 1.807) is 41.5 Å². The maximum absolute atomic E-state index is 12.3. The molecule has 0 aliphatic rings. The fourth-order valence-electron chi connectivity index (χ4n) is 1.88. The van der Waals surface area contributed by atoms with Gasteiger partial charge in [0.15, 0.2) is 5.82 Å². The Bertz CT molecular complexity index is 869. The highest BCUT2D eigenvalue weighted by molar-refractivity contribution is 6.03. The van der Waals surface area contributed by atoms with Gasteiger partial charge in [0.2, 0.25) is 0 Å². The molecule has 3 aromatic heterocycles. The van der Waals surface area contributed by atoms with Crippen LogP contribution in [0.15, 0.2) is 53.7 Å². The van der Waals surface area contributed by atoms with Gasteiger partial charge in [-0.2, -0.15) is 10.2 Å². The van der Waals surface area contributed by atoms with Crippen molar-refractivity contribution in [2.24, 2.45) is 7.05 Å². The SMILES string of the molecule is Cn1nc(C(=O)Nc2cccnc2-n2cccn2)ccc1=O. The van der Waals surface area contributed by atoms with Crippen LogP contribution in [0.3, 0.4) is 0 Å². The Balaban J connectivity index is 1.92. The Morgan fingerprint density at radius 3 is 2.77 bits per heavy atom. The van der Waals surface area contributed by atoms with Gasteiger partial charge in [0, 0.05) is 31.7 Å². The van der Waals surface area contributed by atoms with E-state index in [1.165, 1.54) is 19.2 Å². The molecule has 110 valence electrons. The smallest absolute Gasteiger partial charge is 0.276 e. The van der Waals surface area contributed by atoms with E-state index in [-0.39, 0.29) is 11.3 Å². The van der Waals surface area contributed by atoms with E-state index in [9.17, 15) is 9.59 Å². The van der Waals surface area contributed by atoms with Crippen LogP contribution in [0.2, 0.25) is 0 Å². The molecule has 0 atom stereocenters. The second kappa shape index (κ2) is 5.60. The number of rotatable bonds is 3. The lowest BCUT2D eigenvalue weighted by molar-refractivity contribution is 0.102. The minimum Gasteiger partial charge on any atom is -0.317 e. The maximum Gasteiger partial charge on any atom is 0.276 e. The summed E-state index contributed by atoms with van der Waals surface area (Å²) in [6.07, 6.45) is 4.95. The summed E-state index contributed by atoms with van der Waals surface area (Å²) in [5.74, 6) is 0.0580. The molecule has 0 spiro atoms. The zero-order valence-electron chi connectivity index (χ0n) is 11.7. The predicted molar refractivity (Wildman–Crippen MR) is 78.8 cm³/mol. The van der Waals surface area contributed by atoms with E-state index >= 15 is 0 Å². The van der Waals surface area contributed by atoms with Crippen LogP contribution in [-0.2, 0) is 7.05 Å². The second-order valence-corrected chi connectivity index (χ2v) is 4.46. The predicted octanol–water partition coefficient (Wildman–Crippen LogP) is 0.613. The molecule has 0 unspecified atom stereocenters. The molecule has 1 amide bonds. The molecule has 0 bridgehead atoms. The number of carbonyl (C=O) groups excluding carboxylic acids is 1. The standard InChI is InChI=1S/C14H12N6O2/c1-19-12(21)6-5-11(18-19)14(22)17-10-4-2-7-15-13(10)20-9-3-8-16-20/h2-9H,1H3,(H,17,22). The van der Waals surface area contributed by atoms with Gasteiger partial charge in [-0.05, 0) is 24.3 Å². The van der Waals surface area contributed by atoms with E-state index in [0.717, 1.165) is 4.68 Å². The van der Waals surface area contributed by atoms with Gasteiger partial charge in [0.05, 0.1) is 5.69 Å². The van der Waals surface area contributed by atoms with Gasteiger partial charge >= 0.3 is 0 Å². The number of amides is 1. The number of nitrogens with one attached hydrogen (secondary N) is 1. The number of carbonyl (C=O) groups is 1. The van der Waals surface area contributed by atoms with Gasteiger partial charge in [0.25, 0.3) is 11.5 Å². The minimum absolute atomic E-state index is 0.136. The van der Waals surface area contributed by atoms with Gasteiger partial charge in [-0.3, -0.25) is 9.59 Å². The molecular formula is C14H12N6O2. The third-order valence-electron chi connectivity index (χ3n) is 2.95. The molecule has 8 heteroatoms. The molecule has 0 saturated heterocycles. The molecule has 3 heterocycles. The number of anilines is 1. The zero-order valence-corrected chi connectivity index (χ0v) is 11.7. The van der Waals surface area contributed by atoms with Gasteiger partial charge in [-0.15, -0.1) is 0 Å². The Morgan fingerprint density at radius 2 is 2.05 bits per heavy atom. The van der Waals surface area contributed by atoms with Crippen molar-refractivity contribution in [2.75, 3.05) is 5.32 Å². The van der Waals surface area contributed by atoms with Crippen LogP contribution in [0.4, 0.5) is 5.69 Å². The molecule has 22 heavy (non-hydrogen) atoms. The normalized spacial score (nSPS) is 10.4. The van der Waals surface area contributed by atoms with E-state index in [0.29, 0.717) is 11.5 Å². The molecule has 3 rings (SSSR count). The molecule has 3 aromatic rings. The summed E-state index contributed by atoms with van der Waals surface area (Å²) < 4.78 is 2.65. The molecule has 0 aliphatic heterocycles. The first-order valence-electron chi connectivity index (χ1n) is 6.46. The highest BCUT2D eigenvalue weighted by Gasteiger charge is 2.13. The first-order valence-corrected chi connectivity index (χ1v) is 6.46. The van der Waals surface area contributed by atoms with E-state index in [4.69, 9.17) is 0 Å². The van der Waals surface area contributed by atoms with Crippen molar-refractivity contribution in [3.8, 4) is 5.82 Å². The van der Waals surface area contributed by atoms with Crippen molar-refractivity contribution < 1.29 is 4.79 Å². The summed E-state index contributed by atoms with van der Waals surface area (Å²) in [6, 6.07) is 7.84. The van der Waals surface area contributed by atoms with E-state index in [1.807, 2.05) is 0 Å². The van der Waals surface area contributed by atoms with Crippen molar-refractivity contribution in [2.45, 2.75) is 0 Å². The molecule has 0 aromatic carbocycles. The summed E-state index contributed by atoms with van der Waals surface area (Å²) in [4.78, 5) is 27.8. The molecule has 0 saturated carbocycles. The van der Waals surface area contributed by atoms with Crippen molar-refractivity contribution >= 4 is 11.6 Å². The first-order chi connectivity index (χ1) is 10.6. The lowest BCUT2D eigenvalue weighted by atomic mass is 10.3. The van der Waals surface area contributed by atoms with Crippen LogP contribution < -0.4 is 10.9 Å². The lowest BCUT2D eigenvalue weighted by Gasteiger charge is -2.09. The van der Waals surface area contributed by atoms with Gasteiger partial charge in [-0.25, -0.2) is 14.3 Å². The second-order valence-electron chi connectivity index (χ2n) is 4.46. The molecule has 0 aliphatic carbocycles. The number of aromatic nitrogens is 5. The average Bonchev–Trinajstić information content (AvgIpc) is 3.04. The zero-order chi connectivity index (χ0) is 15.5. The van der Waals surface area contributed by atoms with Gasteiger partial charge in [-0.1, -0.05) is 0 Å². The topological polar surface area (TPSA) is 94.7 Å².